The van der Waals surface area contributed by atoms with Gasteiger partial charge in [0.05, 0.1) is 0 Å². The van der Waals surface area contributed by atoms with Gasteiger partial charge in [0.15, 0.2) is 0 Å². The van der Waals surface area contributed by atoms with Gasteiger partial charge in [0.25, 0.3) is 0 Å². The molecule has 2 rings (SSSR count). The molecule has 0 bridgehead atoms. The highest BCUT2D eigenvalue weighted by molar-refractivity contribution is 4.88. The standard InChI is InChI=1S/C14H28N2/c1-2-14(7-4-8-14)11-16-10-12-5-3-6-13(15)9-12/h12-13,16H,2-11,15H2,1H3. The molecule has 2 atom stereocenters. The van der Waals surface area contributed by atoms with Gasteiger partial charge in [-0.15, -0.1) is 0 Å². The zero-order chi connectivity index (χ0) is 11.4. The van der Waals surface area contributed by atoms with Crippen LogP contribution in [0.25, 0.3) is 0 Å². The fraction of sp³-hybridized carbons (Fsp3) is 1.00. The van der Waals surface area contributed by atoms with Crippen molar-refractivity contribution in [2.45, 2.75) is 64.3 Å². The molecule has 0 amide bonds. The Balaban J connectivity index is 1.63. The fourth-order valence-corrected chi connectivity index (χ4v) is 3.39. The third-order valence-corrected chi connectivity index (χ3v) is 4.92. The molecule has 2 unspecified atom stereocenters. The van der Waals surface area contributed by atoms with Crippen molar-refractivity contribution >= 4 is 0 Å². The van der Waals surface area contributed by atoms with Crippen LogP contribution in [0, 0.1) is 11.3 Å². The first-order valence-corrected chi connectivity index (χ1v) is 7.20. The Kier molecular flexibility index (Phi) is 4.26. The normalized spacial score (nSPS) is 33.4. The minimum Gasteiger partial charge on any atom is -0.328 e. The SMILES string of the molecule is CCC1(CNCC2CCCC(N)C2)CCC1. The van der Waals surface area contributed by atoms with Crippen LogP contribution < -0.4 is 11.1 Å². The molecule has 2 fully saturated rings. The maximum Gasteiger partial charge on any atom is 0.00419 e. The largest absolute Gasteiger partial charge is 0.328 e. The molecule has 2 aliphatic rings. The van der Waals surface area contributed by atoms with Crippen molar-refractivity contribution in [1.82, 2.24) is 5.32 Å². The van der Waals surface area contributed by atoms with Crippen molar-refractivity contribution in [2.75, 3.05) is 13.1 Å². The number of hydrogen-bond acceptors (Lipinski definition) is 2. The lowest BCUT2D eigenvalue weighted by Gasteiger charge is -2.42. The molecule has 0 aliphatic heterocycles. The van der Waals surface area contributed by atoms with E-state index in [1.165, 1.54) is 64.5 Å². The lowest BCUT2D eigenvalue weighted by Crippen LogP contribution is -2.42. The molecule has 16 heavy (non-hydrogen) atoms. The highest BCUT2D eigenvalue weighted by atomic mass is 14.9. The molecule has 3 N–H and O–H groups in total. The minimum atomic E-state index is 0.476. The summed E-state index contributed by atoms with van der Waals surface area (Å²) in [6.07, 6.45) is 10.9. The Labute approximate surface area is 100 Å². The Morgan fingerprint density at radius 1 is 1.25 bits per heavy atom. The fourth-order valence-electron chi connectivity index (χ4n) is 3.39. The van der Waals surface area contributed by atoms with Gasteiger partial charge in [0, 0.05) is 12.6 Å². The van der Waals surface area contributed by atoms with Gasteiger partial charge in [0.2, 0.25) is 0 Å². The van der Waals surface area contributed by atoms with E-state index in [9.17, 15) is 0 Å². The molecular formula is C14H28N2. The number of nitrogens with one attached hydrogen (secondary N) is 1. The summed E-state index contributed by atoms with van der Waals surface area (Å²) in [5.41, 5.74) is 6.68. The van der Waals surface area contributed by atoms with Gasteiger partial charge in [0.1, 0.15) is 0 Å². The molecule has 2 saturated carbocycles. The van der Waals surface area contributed by atoms with Gasteiger partial charge in [-0.3, -0.25) is 0 Å². The summed E-state index contributed by atoms with van der Waals surface area (Å²) in [7, 11) is 0. The molecule has 2 heteroatoms. The quantitative estimate of drug-likeness (QED) is 0.753. The van der Waals surface area contributed by atoms with Crippen molar-refractivity contribution in [2.24, 2.45) is 17.1 Å². The summed E-state index contributed by atoms with van der Waals surface area (Å²) >= 11 is 0. The number of hydrogen-bond donors (Lipinski definition) is 2. The smallest absolute Gasteiger partial charge is 0.00419 e. The Morgan fingerprint density at radius 2 is 2.06 bits per heavy atom. The summed E-state index contributed by atoms with van der Waals surface area (Å²) in [4.78, 5) is 0. The molecule has 0 radical (unpaired) electrons. The van der Waals surface area contributed by atoms with E-state index in [-0.39, 0.29) is 0 Å². The first kappa shape index (κ1) is 12.4. The maximum atomic E-state index is 6.02. The van der Waals surface area contributed by atoms with E-state index in [1.54, 1.807) is 0 Å². The molecule has 0 aromatic heterocycles. The minimum absolute atomic E-state index is 0.476. The van der Waals surface area contributed by atoms with Crippen molar-refractivity contribution < 1.29 is 0 Å². The molecule has 0 spiro atoms. The Bertz CT molecular complexity index is 205. The van der Waals surface area contributed by atoms with Crippen LogP contribution in [0.2, 0.25) is 0 Å². The lowest BCUT2D eigenvalue weighted by atomic mass is 9.67. The number of nitrogens with two attached hydrogens (primary N) is 1. The van der Waals surface area contributed by atoms with Crippen LogP contribution in [-0.2, 0) is 0 Å². The van der Waals surface area contributed by atoms with Crippen LogP contribution in [0.4, 0.5) is 0 Å². The van der Waals surface area contributed by atoms with Gasteiger partial charge in [-0.25, -0.2) is 0 Å². The van der Waals surface area contributed by atoms with E-state index in [0.29, 0.717) is 11.5 Å². The predicted octanol–water partition coefficient (Wildman–Crippen LogP) is 2.67. The van der Waals surface area contributed by atoms with Crippen molar-refractivity contribution in [3.05, 3.63) is 0 Å². The molecule has 0 aromatic rings. The zero-order valence-corrected chi connectivity index (χ0v) is 10.8. The van der Waals surface area contributed by atoms with Crippen molar-refractivity contribution in [3.8, 4) is 0 Å². The van der Waals surface area contributed by atoms with Gasteiger partial charge in [-0.2, -0.15) is 0 Å². The van der Waals surface area contributed by atoms with E-state index in [1.807, 2.05) is 0 Å². The van der Waals surface area contributed by atoms with Crippen LogP contribution in [0.15, 0.2) is 0 Å². The maximum absolute atomic E-state index is 6.02. The molecule has 0 heterocycles. The van der Waals surface area contributed by atoms with Crippen LogP contribution >= 0.6 is 0 Å². The number of rotatable bonds is 5. The summed E-state index contributed by atoms with van der Waals surface area (Å²) in [5.74, 6) is 0.845. The second-order valence-corrected chi connectivity index (χ2v) is 6.13. The van der Waals surface area contributed by atoms with Crippen LogP contribution in [0.5, 0.6) is 0 Å². The Hall–Kier alpha value is -0.0800. The van der Waals surface area contributed by atoms with E-state index >= 15 is 0 Å². The zero-order valence-electron chi connectivity index (χ0n) is 10.8. The summed E-state index contributed by atoms with van der Waals surface area (Å²) in [6, 6.07) is 0.476. The van der Waals surface area contributed by atoms with Crippen LogP contribution in [0.1, 0.15) is 58.3 Å². The highest BCUT2D eigenvalue weighted by Gasteiger charge is 2.34. The molecular weight excluding hydrogens is 196 g/mol. The van der Waals surface area contributed by atoms with E-state index in [4.69, 9.17) is 5.73 Å². The molecule has 2 aliphatic carbocycles. The molecule has 2 nitrogen and oxygen atoms in total. The summed E-state index contributed by atoms with van der Waals surface area (Å²) in [5, 5.41) is 3.71. The second kappa shape index (κ2) is 5.50. The lowest BCUT2D eigenvalue weighted by molar-refractivity contribution is 0.120. The second-order valence-electron chi connectivity index (χ2n) is 6.13. The van der Waals surface area contributed by atoms with Crippen molar-refractivity contribution in [1.29, 1.82) is 0 Å². The molecule has 0 saturated heterocycles. The van der Waals surface area contributed by atoms with E-state index in [2.05, 4.69) is 12.2 Å². The van der Waals surface area contributed by atoms with E-state index < -0.39 is 0 Å². The van der Waals surface area contributed by atoms with E-state index in [0.717, 1.165) is 5.92 Å². The first-order valence-electron chi connectivity index (χ1n) is 7.20. The van der Waals surface area contributed by atoms with Gasteiger partial charge >= 0.3 is 0 Å². The van der Waals surface area contributed by atoms with Crippen molar-refractivity contribution in [3.63, 3.8) is 0 Å². The van der Waals surface area contributed by atoms with Gasteiger partial charge < -0.3 is 11.1 Å². The average Bonchev–Trinajstić information content (AvgIpc) is 2.22. The Morgan fingerprint density at radius 3 is 2.62 bits per heavy atom. The van der Waals surface area contributed by atoms with Crippen LogP contribution in [-0.4, -0.2) is 19.1 Å². The van der Waals surface area contributed by atoms with Crippen LogP contribution in [0.3, 0.4) is 0 Å². The molecule has 94 valence electrons. The highest BCUT2D eigenvalue weighted by Crippen LogP contribution is 2.43. The topological polar surface area (TPSA) is 38.0 Å². The predicted molar refractivity (Wildman–Crippen MR) is 69.4 cm³/mol. The summed E-state index contributed by atoms with van der Waals surface area (Å²) < 4.78 is 0. The van der Waals surface area contributed by atoms with Gasteiger partial charge in [-0.1, -0.05) is 19.8 Å². The molecule has 0 aromatic carbocycles. The average molecular weight is 224 g/mol. The van der Waals surface area contributed by atoms with Gasteiger partial charge in [-0.05, 0) is 56.4 Å². The first-order chi connectivity index (χ1) is 7.74. The third-order valence-electron chi connectivity index (χ3n) is 4.92. The summed E-state index contributed by atoms with van der Waals surface area (Å²) in [6.45, 7) is 4.79. The monoisotopic (exact) mass is 224 g/mol. The third kappa shape index (κ3) is 2.98.